The van der Waals surface area contributed by atoms with Crippen LogP contribution in [-0.2, 0) is 26.1 Å². The SMILES string of the molecule is COCCOc1ccc(Cl)cc1S(=O)(=O)NC(=O)Cn1cncc1C. The third-order valence-corrected chi connectivity index (χ3v) is 4.85. The van der Waals surface area contributed by atoms with E-state index in [1.54, 1.807) is 13.1 Å². The van der Waals surface area contributed by atoms with E-state index in [4.69, 9.17) is 21.1 Å². The number of imidazole rings is 1. The van der Waals surface area contributed by atoms with Crippen molar-refractivity contribution in [3.05, 3.63) is 41.4 Å². The van der Waals surface area contributed by atoms with Gasteiger partial charge in [0.05, 0.1) is 12.9 Å². The number of methoxy groups -OCH3 is 1. The maximum Gasteiger partial charge on any atom is 0.267 e. The van der Waals surface area contributed by atoms with Gasteiger partial charge in [-0.15, -0.1) is 0 Å². The Balaban J connectivity index is 2.18. The summed E-state index contributed by atoms with van der Waals surface area (Å²) >= 11 is 5.89. The average molecular weight is 388 g/mol. The van der Waals surface area contributed by atoms with Crippen molar-refractivity contribution in [2.45, 2.75) is 18.4 Å². The van der Waals surface area contributed by atoms with Crippen LogP contribution in [0.15, 0.2) is 35.6 Å². The zero-order chi connectivity index (χ0) is 18.4. The molecule has 0 aliphatic heterocycles. The number of nitrogens with zero attached hydrogens (tertiary/aromatic N) is 2. The van der Waals surface area contributed by atoms with Gasteiger partial charge in [-0.2, -0.15) is 0 Å². The van der Waals surface area contributed by atoms with Gasteiger partial charge in [-0.25, -0.2) is 18.1 Å². The van der Waals surface area contributed by atoms with E-state index in [0.717, 1.165) is 5.69 Å². The summed E-state index contributed by atoms with van der Waals surface area (Å²) in [6.07, 6.45) is 3.01. The van der Waals surface area contributed by atoms with E-state index < -0.39 is 15.9 Å². The summed E-state index contributed by atoms with van der Waals surface area (Å²) in [6.45, 7) is 2.02. The molecule has 0 saturated carbocycles. The number of carbonyl (C=O) groups excluding carboxylic acids is 1. The highest BCUT2D eigenvalue weighted by Crippen LogP contribution is 2.27. The van der Waals surface area contributed by atoms with E-state index in [2.05, 4.69) is 4.98 Å². The highest BCUT2D eigenvalue weighted by molar-refractivity contribution is 7.90. The van der Waals surface area contributed by atoms with Gasteiger partial charge in [0, 0.05) is 24.0 Å². The molecular weight excluding hydrogens is 370 g/mol. The number of aromatic nitrogens is 2. The van der Waals surface area contributed by atoms with Gasteiger partial charge >= 0.3 is 0 Å². The van der Waals surface area contributed by atoms with Crippen LogP contribution in [0, 0.1) is 6.92 Å². The number of hydrogen-bond donors (Lipinski definition) is 1. The number of amides is 1. The number of halogens is 1. The van der Waals surface area contributed by atoms with Gasteiger partial charge in [0.1, 0.15) is 23.8 Å². The van der Waals surface area contributed by atoms with Crippen molar-refractivity contribution in [1.29, 1.82) is 0 Å². The molecular formula is C15H18ClN3O5S. The molecule has 0 spiro atoms. The van der Waals surface area contributed by atoms with Gasteiger partial charge in [0.25, 0.3) is 15.9 Å². The van der Waals surface area contributed by atoms with Gasteiger partial charge in [0.2, 0.25) is 0 Å². The van der Waals surface area contributed by atoms with Crippen molar-refractivity contribution in [2.75, 3.05) is 20.3 Å². The summed E-state index contributed by atoms with van der Waals surface area (Å²) in [5.41, 5.74) is 0.735. The van der Waals surface area contributed by atoms with Crippen LogP contribution < -0.4 is 9.46 Å². The van der Waals surface area contributed by atoms with Gasteiger partial charge in [-0.05, 0) is 25.1 Å². The number of benzene rings is 1. The molecule has 2 rings (SSSR count). The third kappa shape index (κ3) is 5.18. The van der Waals surface area contributed by atoms with E-state index in [1.807, 2.05) is 4.72 Å². The van der Waals surface area contributed by atoms with Crippen LogP contribution in [-0.4, -0.2) is 44.2 Å². The van der Waals surface area contributed by atoms with Crippen LogP contribution >= 0.6 is 11.6 Å². The molecule has 0 bridgehead atoms. The van der Waals surface area contributed by atoms with Crippen molar-refractivity contribution >= 4 is 27.5 Å². The lowest BCUT2D eigenvalue weighted by Crippen LogP contribution is -2.33. The maximum absolute atomic E-state index is 12.5. The third-order valence-electron chi connectivity index (χ3n) is 3.22. The van der Waals surface area contributed by atoms with Crippen molar-refractivity contribution in [3.63, 3.8) is 0 Å². The molecule has 0 saturated heterocycles. The Bertz CT molecular complexity index is 851. The first kappa shape index (κ1) is 19.2. The molecule has 1 aromatic heterocycles. The van der Waals surface area contributed by atoms with Gasteiger partial charge in [0.15, 0.2) is 0 Å². The Morgan fingerprint density at radius 1 is 1.36 bits per heavy atom. The second-order valence-corrected chi connectivity index (χ2v) is 7.21. The van der Waals surface area contributed by atoms with Gasteiger partial charge < -0.3 is 14.0 Å². The van der Waals surface area contributed by atoms with Gasteiger partial charge in [-0.3, -0.25) is 4.79 Å². The second-order valence-electron chi connectivity index (χ2n) is 5.12. The van der Waals surface area contributed by atoms with Crippen molar-refractivity contribution in [1.82, 2.24) is 14.3 Å². The molecule has 0 fully saturated rings. The molecule has 0 atom stereocenters. The quantitative estimate of drug-likeness (QED) is 0.687. The number of rotatable bonds is 8. The summed E-state index contributed by atoms with van der Waals surface area (Å²) in [4.78, 5) is 15.7. The molecule has 25 heavy (non-hydrogen) atoms. The Morgan fingerprint density at radius 2 is 2.12 bits per heavy atom. The molecule has 1 N–H and O–H groups in total. The number of aryl methyl sites for hydroxylation is 1. The fourth-order valence-electron chi connectivity index (χ4n) is 1.99. The predicted molar refractivity (Wildman–Crippen MR) is 91.1 cm³/mol. The molecule has 0 aliphatic carbocycles. The van der Waals surface area contributed by atoms with E-state index in [1.165, 1.54) is 36.2 Å². The van der Waals surface area contributed by atoms with Crippen LogP contribution in [0.5, 0.6) is 5.75 Å². The maximum atomic E-state index is 12.5. The first-order valence-corrected chi connectivity index (χ1v) is 9.13. The van der Waals surface area contributed by atoms with Crippen LogP contribution in [0.25, 0.3) is 0 Å². The van der Waals surface area contributed by atoms with Crippen molar-refractivity contribution in [3.8, 4) is 5.75 Å². The monoisotopic (exact) mass is 387 g/mol. The largest absolute Gasteiger partial charge is 0.490 e. The zero-order valence-corrected chi connectivity index (χ0v) is 15.3. The van der Waals surface area contributed by atoms with Gasteiger partial charge in [-0.1, -0.05) is 11.6 Å². The first-order chi connectivity index (χ1) is 11.8. The topological polar surface area (TPSA) is 99.5 Å². The molecule has 136 valence electrons. The van der Waals surface area contributed by atoms with Crippen LogP contribution in [0.1, 0.15) is 5.69 Å². The fraction of sp³-hybridized carbons (Fsp3) is 0.333. The molecule has 1 aromatic carbocycles. The summed E-state index contributed by atoms with van der Waals surface area (Å²) < 4.78 is 38.9. The molecule has 10 heteroatoms. The van der Waals surface area contributed by atoms with E-state index in [9.17, 15) is 13.2 Å². The number of nitrogens with one attached hydrogen (secondary N) is 1. The lowest BCUT2D eigenvalue weighted by atomic mass is 10.3. The molecule has 1 amide bonds. The fourth-order valence-corrected chi connectivity index (χ4v) is 3.38. The molecule has 0 aliphatic rings. The average Bonchev–Trinajstić information content (AvgIpc) is 2.93. The van der Waals surface area contributed by atoms with E-state index in [0.29, 0.717) is 0 Å². The highest BCUT2D eigenvalue weighted by Gasteiger charge is 2.23. The number of sulfonamides is 1. The van der Waals surface area contributed by atoms with E-state index >= 15 is 0 Å². The number of ether oxygens (including phenoxy) is 2. The Kier molecular flexibility index (Phi) is 6.40. The predicted octanol–water partition coefficient (Wildman–Crippen LogP) is 1.38. The standard InChI is InChI=1S/C15H18ClN3O5S/c1-11-8-17-10-19(11)9-15(20)18-25(21,22)14-7-12(16)3-4-13(14)24-6-5-23-2/h3-4,7-8,10H,5-6,9H2,1-2H3,(H,18,20). The lowest BCUT2D eigenvalue weighted by molar-refractivity contribution is -0.119. The van der Waals surface area contributed by atoms with Crippen molar-refractivity contribution in [2.24, 2.45) is 0 Å². The minimum Gasteiger partial charge on any atom is -0.490 e. The number of carbonyl (C=O) groups is 1. The lowest BCUT2D eigenvalue weighted by Gasteiger charge is -2.13. The second kappa shape index (κ2) is 8.32. The molecule has 0 radical (unpaired) electrons. The highest BCUT2D eigenvalue weighted by atomic mass is 35.5. The van der Waals surface area contributed by atoms with E-state index in [-0.39, 0.29) is 35.4 Å². The smallest absolute Gasteiger partial charge is 0.267 e. The van der Waals surface area contributed by atoms with Crippen LogP contribution in [0.3, 0.4) is 0 Å². The first-order valence-electron chi connectivity index (χ1n) is 7.27. The molecule has 0 unspecified atom stereocenters. The zero-order valence-electron chi connectivity index (χ0n) is 13.7. The summed E-state index contributed by atoms with van der Waals surface area (Å²) in [5.74, 6) is -0.621. The Labute approximate surface area is 150 Å². The van der Waals surface area contributed by atoms with Crippen molar-refractivity contribution < 1.29 is 22.7 Å². The minimum atomic E-state index is -4.15. The Morgan fingerprint density at radius 3 is 2.76 bits per heavy atom. The molecule has 2 aromatic rings. The molecule has 1 heterocycles. The number of hydrogen-bond acceptors (Lipinski definition) is 6. The summed E-state index contributed by atoms with van der Waals surface area (Å²) in [6, 6.07) is 4.15. The normalized spacial score (nSPS) is 11.3. The van der Waals surface area contributed by atoms with Crippen LogP contribution in [0.4, 0.5) is 0 Å². The van der Waals surface area contributed by atoms with Crippen LogP contribution in [0.2, 0.25) is 5.02 Å². The molecule has 8 nitrogen and oxygen atoms in total. The summed E-state index contributed by atoms with van der Waals surface area (Å²) in [7, 11) is -2.65. The minimum absolute atomic E-state index is 0.0839. The Hall–Kier alpha value is -2.10. The summed E-state index contributed by atoms with van der Waals surface area (Å²) in [5, 5.41) is 0.206.